The largest absolute Gasteiger partial charge is 0.481 e. The minimum absolute atomic E-state index is 0.296. The summed E-state index contributed by atoms with van der Waals surface area (Å²) in [6, 6.07) is 0. The first-order chi connectivity index (χ1) is 11.1. The maximum absolute atomic E-state index is 9.64. The molecule has 0 aliphatic carbocycles. The minimum atomic E-state index is -1.08. The van der Waals surface area contributed by atoms with E-state index in [1.807, 2.05) is 0 Å². The summed E-state index contributed by atoms with van der Waals surface area (Å²) in [5.41, 5.74) is 19.6. The Morgan fingerprint density at radius 2 is 0.583 bits per heavy atom. The lowest BCUT2D eigenvalue weighted by Gasteiger charge is -1.85. The zero-order valence-electron chi connectivity index (χ0n) is 13.4. The van der Waals surface area contributed by atoms with Gasteiger partial charge in [0, 0.05) is 26.2 Å². The molecule has 0 aliphatic rings. The average molecular weight is 356 g/mol. The van der Waals surface area contributed by atoms with E-state index in [2.05, 4.69) is 0 Å². The monoisotopic (exact) mass is 356 g/mol. The lowest BCUT2D eigenvalue weighted by atomic mass is 10.3. The molecule has 144 valence electrons. The first-order valence-corrected chi connectivity index (χ1v) is 6.76. The summed E-state index contributed by atoms with van der Waals surface area (Å²) in [7, 11) is 0. The molecule has 0 radical (unpaired) electrons. The van der Waals surface area contributed by atoms with E-state index in [-0.39, 0.29) is 25.7 Å². The second-order valence-electron chi connectivity index (χ2n) is 3.73. The van der Waals surface area contributed by atoms with Gasteiger partial charge < -0.3 is 43.4 Å². The fourth-order valence-electron chi connectivity index (χ4n) is 0.428. The van der Waals surface area contributed by atoms with Gasteiger partial charge in [0.15, 0.2) is 0 Å². The van der Waals surface area contributed by atoms with Crippen LogP contribution in [0.25, 0.3) is 0 Å². The average Bonchev–Trinajstić information content (AvgIpc) is 2.52. The van der Waals surface area contributed by atoms with Crippen LogP contribution in [-0.4, -0.2) is 70.5 Å². The number of aliphatic carboxylic acids is 4. The Morgan fingerprint density at radius 1 is 0.458 bits per heavy atom. The molecule has 12 heteroatoms. The van der Waals surface area contributed by atoms with E-state index < -0.39 is 23.9 Å². The van der Waals surface area contributed by atoms with Crippen LogP contribution in [0.1, 0.15) is 25.7 Å². The number of hydrogen-bond donors (Lipinski definition) is 8. The van der Waals surface area contributed by atoms with E-state index in [1.54, 1.807) is 0 Å². The van der Waals surface area contributed by atoms with Crippen molar-refractivity contribution in [2.75, 3.05) is 26.2 Å². The molecule has 12 nitrogen and oxygen atoms in total. The van der Waals surface area contributed by atoms with Crippen molar-refractivity contribution in [2.45, 2.75) is 25.7 Å². The Morgan fingerprint density at radius 3 is 0.625 bits per heavy atom. The smallest absolute Gasteiger partial charge is 0.303 e. The molecule has 0 heterocycles. The van der Waals surface area contributed by atoms with Gasteiger partial charge in [0.1, 0.15) is 0 Å². The standard InChI is InChI=1S/2C4H6O4.2C2H8N2/c2*5-3(6)1-2-4(7)8;2*3-1-2-4/h2*1-2H2,(H,5,6)(H,7,8);2*1-4H2. The highest BCUT2D eigenvalue weighted by Gasteiger charge is 2.00. The van der Waals surface area contributed by atoms with Gasteiger partial charge in [-0.2, -0.15) is 0 Å². The quantitative estimate of drug-likeness (QED) is 0.228. The van der Waals surface area contributed by atoms with Crippen molar-refractivity contribution in [2.24, 2.45) is 22.9 Å². The molecule has 24 heavy (non-hydrogen) atoms. The molecule has 0 spiro atoms. The molecule has 0 aromatic carbocycles. The van der Waals surface area contributed by atoms with Crippen LogP contribution in [0.5, 0.6) is 0 Å². The second-order valence-corrected chi connectivity index (χ2v) is 3.73. The van der Waals surface area contributed by atoms with E-state index in [1.165, 1.54) is 0 Å². The van der Waals surface area contributed by atoms with Gasteiger partial charge in [-0.05, 0) is 0 Å². The van der Waals surface area contributed by atoms with E-state index in [0.717, 1.165) is 0 Å². The number of carboxylic acids is 4. The van der Waals surface area contributed by atoms with Crippen LogP contribution in [0.2, 0.25) is 0 Å². The number of rotatable bonds is 8. The summed E-state index contributed by atoms with van der Waals surface area (Å²) in [5, 5.41) is 31.6. The Kier molecular flexibility index (Phi) is 31.8. The van der Waals surface area contributed by atoms with Gasteiger partial charge in [-0.1, -0.05) is 0 Å². The second kappa shape index (κ2) is 25.7. The molecule has 12 N–H and O–H groups in total. The first-order valence-electron chi connectivity index (χ1n) is 6.76. The summed E-state index contributed by atoms with van der Waals surface area (Å²) >= 11 is 0. The van der Waals surface area contributed by atoms with Gasteiger partial charge in [0.05, 0.1) is 25.7 Å². The third-order valence-electron chi connectivity index (χ3n) is 1.44. The molecule has 0 saturated carbocycles. The molecule has 0 bridgehead atoms. The van der Waals surface area contributed by atoms with Crippen molar-refractivity contribution in [1.29, 1.82) is 0 Å². The molecule has 0 aromatic rings. The predicted molar refractivity (Wildman–Crippen MR) is 85.2 cm³/mol. The van der Waals surface area contributed by atoms with E-state index in [4.69, 9.17) is 43.4 Å². The van der Waals surface area contributed by atoms with E-state index >= 15 is 0 Å². The Bertz CT molecular complexity index is 275. The normalized spacial score (nSPS) is 8.17. The molecule has 0 saturated heterocycles. The van der Waals surface area contributed by atoms with Crippen molar-refractivity contribution in [3.63, 3.8) is 0 Å². The topological polar surface area (TPSA) is 253 Å². The molecule has 0 unspecified atom stereocenters. The SMILES string of the molecule is NCCN.NCCN.O=C(O)CCC(=O)O.O=C(O)CCC(=O)O. The Hall–Kier alpha value is -2.28. The molecular formula is C12H28N4O8. The van der Waals surface area contributed by atoms with Crippen molar-refractivity contribution in [3.8, 4) is 0 Å². The molecular weight excluding hydrogens is 328 g/mol. The Labute approximate surface area is 139 Å². The van der Waals surface area contributed by atoms with Crippen LogP contribution in [0, 0.1) is 0 Å². The lowest BCUT2D eigenvalue weighted by Crippen LogP contribution is -2.11. The van der Waals surface area contributed by atoms with E-state index in [9.17, 15) is 19.2 Å². The van der Waals surface area contributed by atoms with Crippen LogP contribution in [0.15, 0.2) is 0 Å². The fourth-order valence-corrected chi connectivity index (χ4v) is 0.428. The first kappa shape index (κ1) is 29.7. The molecule has 0 rings (SSSR count). The molecule has 0 aliphatic heterocycles. The fraction of sp³-hybridized carbons (Fsp3) is 0.667. The lowest BCUT2D eigenvalue weighted by molar-refractivity contribution is -0.143. The summed E-state index contributed by atoms with van der Waals surface area (Å²) in [5.74, 6) is -4.31. The zero-order chi connectivity index (χ0) is 20.0. The number of hydrogen-bond acceptors (Lipinski definition) is 8. The van der Waals surface area contributed by atoms with Crippen LogP contribution >= 0.6 is 0 Å². The van der Waals surface area contributed by atoms with Crippen LogP contribution in [0.3, 0.4) is 0 Å². The number of nitrogens with two attached hydrogens (primary N) is 4. The summed E-state index contributed by atoms with van der Waals surface area (Å²) < 4.78 is 0. The minimum Gasteiger partial charge on any atom is -0.481 e. The van der Waals surface area contributed by atoms with Crippen molar-refractivity contribution in [3.05, 3.63) is 0 Å². The van der Waals surface area contributed by atoms with Gasteiger partial charge in [-0.3, -0.25) is 19.2 Å². The Balaban J connectivity index is -0.000000117. The van der Waals surface area contributed by atoms with Crippen molar-refractivity contribution in [1.82, 2.24) is 0 Å². The molecule has 0 atom stereocenters. The zero-order valence-corrected chi connectivity index (χ0v) is 13.4. The van der Waals surface area contributed by atoms with Crippen LogP contribution < -0.4 is 22.9 Å². The number of carbonyl (C=O) groups is 4. The van der Waals surface area contributed by atoms with Crippen molar-refractivity contribution < 1.29 is 39.6 Å². The summed E-state index contributed by atoms with van der Waals surface area (Å²) in [4.78, 5) is 38.6. The maximum atomic E-state index is 9.64. The number of carboxylic acid groups (broad SMARTS) is 4. The third kappa shape index (κ3) is 73.1. The molecule has 0 aromatic heterocycles. The third-order valence-corrected chi connectivity index (χ3v) is 1.44. The highest BCUT2D eigenvalue weighted by atomic mass is 16.4. The van der Waals surface area contributed by atoms with Crippen molar-refractivity contribution >= 4 is 23.9 Å². The van der Waals surface area contributed by atoms with Gasteiger partial charge in [-0.15, -0.1) is 0 Å². The highest BCUT2D eigenvalue weighted by molar-refractivity contribution is 5.75. The van der Waals surface area contributed by atoms with E-state index in [0.29, 0.717) is 26.2 Å². The summed E-state index contributed by atoms with van der Waals surface area (Å²) in [6.45, 7) is 2.39. The summed E-state index contributed by atoms with van der Waals surface area (Å²) in [6.07, 6.45) is -1.19. The van der Waals surface area contributed by atoms with Crippen LogP contribution in [0.4, 0.5) is 0 Å². The highest BCUT2D eigenvalue weighted by Crippen LogP contribution is 1.86. The predicted octanol–water partition coefficient (Wildman–Crippen LogP) is -2.32. The molecule has 0 amide bonds. The molecule has 0 fully saturated rings. The van der Waals surface area contributed by atoms with Gasteiger partial charge >= 0.3 is 23.9 Å². The van der Waals surface area contributed by atoms with Crippen LogP contribution in [-0.2, 0) is 19.2 Å². The maximum Gasteiger partial charge on any atom is 0.303 e. The van der Waals surface area contributed by atoms with Gasteiger partial charge in [0.2, 0.25) is 0 Å². The van der Waals surface area contributed by atoms with Gasteiger partial charge in [0.25, 0.3) is 0 Å². The van der Waals surface area contributed by atoms with Gasteiger partial charge in [-0.25, -0.2) is 0 Å².